The lowest BCUT2D eigenvalue weighted by molar-refractivity contribution is -0.138. The zero-order valence-electron chi connectivity index (χ0n) is 17.7. The topological polar surface area (TPSA) is 89.8 Å². The Balaban J connectivity index is 1.67. The van der Waals surface area contributed by atoms with Crippen molar-refractivity contribution in [2.45, 2.75) is 31.8 Å². The van der Waals surface area contributed by atoms with Crippen LogP contribution in [-0.4, -0.2) is 76.5 Å². The summed E-state index contributed by atoms with van der Waals surface area (Å²) < 4.78 is 25.7. The molecule has 2 amide bonds. The number of piperidine rings is 1. The van der Waals surface area contributed by atoms with Gasteiger partial charge in [-0.15, -0.1) is 10.2 Å². The monoisotopic (exact) mass is 431 g/mol. The second-order valence-electron chi connectivity index (χ2n) is 7.85. The smallest absolute Gasteiger partial charge is 0.409 e. The van der Waals surface area contributed by atoms with Crippen molar-refractivity contribution in [2.24, 2.45) is 0 Å². The Hall–Kier alpha value is -3.01. The highest BCUT2D eigenvalue weighted by atomic mass is 19.1. The van der Waals surface area contributed by atoms with Gasteiger partial charge in [-0.3, -0.25) is 9.69 Å². The van der Waals surface area contributed by atoms with Gasteiger partial charge in [-0.25, -0.2) is 9.18 Å². The van der Waals surface area contributed by atoms with Crippen LogP contribution in [-0.2, 0) is 26.4 Å². The second-order valence-corrected chi connectivity index (χ2v) is 7.85. The number of ether oxygens (including phenoxy) is 2. The van der Waals surface area contributed by atoms with Gasteiger partial charge >= 0.3 is 6.09 Å². The average molecular weight is 431 g/mol. The molecule has 9 nitrogen and oxygen atoms in total. The van der Waals surface area contributed by atoms with Crippen molar-refractivity contribution >= 4 is 12.0 Å². The number of nitrogens with zero attached hydrogens (tertiary/aromatic N) is 5. The zero-order chi connectivity index (χ0) is 22.0. The summed E-state index contributed by atoms with van der Waals surface area (Å²) in [6.45, 7) is 4.16. The number of carbonyl (C=O) groups is 2. The van der Waals surface area contributed by atoms with E-state index in [4.69, 9.17) is 9.47 Å². The van der Waals surface area contributed by atoms with Crippen molar-refractivity contribution in [3.63, 3.8) is 0 Å². The summed E-state index contributed by atoms with van der Waals surface area (Å²) in [5.74, 6) is 0.911. The van der Waals surface area contributed by atoms with Gasteiger partial charge in [-0.1, -0.05) is 0 Å². The maximum absolute atomic E-state index is 13.5. The molecule has 0 N–H and O–H groups in total. The molecule has 0 bridgehead atoms. The maximum Gasteiger partial charge on any atom is 0.409 e. The first-order valence-electron chi connectivity index (χ1n) is 10.4. The number of amides is 2. The van der Waals surface area contributed by atoms with Gasteiger partial charge in [0.15, 0.2) is 11.6 Å². The van der Waals surface area contributed by atoms with Crippen LogP contribution >= 0.6 is 0 Å². The predicted molar refractivity (Wildman–Crippen MR) is 109 cm³/mol. The first kappa shape index (κ1) is 21.2. The summed E-state index contributed by atoms with van der Waals surface area (Å²) in [5, 5.41) is 8.71. The van der Waals surface area contributed by atoms with E-state index in [0.29, 0.717) is 50.7 Å². The molecule has 31 heavy (non-hydrogen) atoms. The van der Waals surface area contributed by atoms with Crippen LogP contribution in [0, 0.1) is 5.82 Å². The van der Waals surface area contributed by atoms with Crippen molar-refractivity contribution in [1.82, 2.24) is 24.6 Å². The molecule has 1 aromatic heterocycles. The van der Waals surface area contributed by atoms with E-state index in [-0.39, 0.29) is 24.9 Å². The fourth-order valence-electron chi connectivity index (χ4n) is 4.45. The third kappa shape index (κ3) is 3.99. The lowest BCUT2D eigenvalue weighted by atomic mass is 9.84. The van der Waals surface area contributed by atoms with Crippen molar-refractivity contribution in [3.05, 3.63) is 35.9 Å². The maximum atomic E-state index is 13.5. The van der Waals surface area contributed by atoms with Crippen LogP contribution in [0.15, 0.2) is 24.3 Å². The SMILES string of the molecule is CCOCC(=O)N1CCC2(CC1)CN(C(=O)OC)Cc1nnc(-c3ccc(F)cc3)n12. The third-order valence-electron chi connectivity index (χ3n) is 6.03. The molecule has 0 unspecified atom stereocenters. The van der Waals surface area contributed by atoms with Crippen LogP contribution in [0.2, 0.25) is 0 Å². The largest absolute Gasteiger partial charge is 0.453 e. The molecule has 1 aromatic carbocycles. The minimum Gasteiger partial charge on any atom is -0.453 e. The number of aromatic nitrogens is 3. The van der Waals surface area contributed by atoms with Crippen LogP contribution in [0.25, 0.3) is 11.4 Å². The van der Waals surface area contributed by atoms with E-state index in [0.717, 1.165) is 5.56 Å². The lowest BCUT2D eigenvalue weighted by Gasteiger charge is -2.48. The molecule has 0 saturated carbocycles. The average Bonchev–Trinajstić information content (AvgIpc) is 3.23. The van der Waals surface area contributed by atoms with Gasteiger partial charge in [0.25, 0.3) is 0 Å². The lowest BCUT2D eigenvalue weighted by Crippen LogP contribution is -2.58. The molecule has 10 heteroatoms. The van der Waals surface area contributed by atoms with Crippen LogP contribution in [0.1, 0.15) is 25.6 Å². The van der Waals surface area contributed by atoms with E-state index in [1.54, 1.807) is 21.9 Å². The van der Waals surface area contributed by atoms with Crippen molar-refractivity contribution in [1.29, 1.82) is 0 Å². The van der Waals surface area contributed by atoms with Gasteiger partial charge in [0.2, 0.25) is 5.91 Å². The van der Waals surface area contributed by atoms with Gasteiger partial charge < -0.3 is 18.9 Å². The Morgan fingerprint density at radius 2 is 1.84 bits per heavy atom. The molecule has 1 fully saturated rings. The number of methoxy groups -OCH3 is 1. The van der Waals surface area contributed by atoms with Crippen LogP contribution in [0.5, 0.6) is 0 Å². The molecule has 3 heterocycles. The number of rotatable bonds is 4. The first-order chi connectivity index (χ1) is 15.0. The summed E-state index contributed by atoms with van der Waals surface area (Å²) >= 11 is 0. The number of halogens is 1. The van der Waals surface area contributed by atoms with Crippen molar-refractivity contribution in [2.75, 3.05) is 40.0 Å². The molecule has 166 valence electrons. The van der Waals surface area contributed by atoms with Gasteiger partial charge in [0, 0.05) is 31.8 Å². The molecule has 0 radical (unpaired) electrons. The summed E-state index contributed by atoms with van der Waals surface area (Å²) in [6, 6.07) is 6.13. The van der Waals surface area contributed by atoms with E-state index >= 15 is 0 Å². The van der Waals surface area contributed by atoms with Gasteiger partial charge in [-0.2, -0.15) is 0 Å². The minimum absolute atomic E-state index is 0.0416. The van der Waals surface area contributed by atoms with E-state index in [2.05, 4.69) is 14.8 Å². The quantitative estimate of drug-likeness (QED) is 0.736. The molecule has 2 aromatic rings. The third-order valence-corrected chi connectivity index (χ3v) is 6.03. The Morgan fingerprint density at radius 1 is 1.13 bits per heavy atom. The van der Waals surface area contributed by atoms with Crippen molar-refractivity contribution in [3.8, 4) is 11.4 Å². The van der Waals surface area contributed by atoms with Crippen LogP contribution in [0.4, 0.5) is 9.18 Å². The van der Waals surface area contributed by atoms with Gasteiger partial charge in [0.1, 0.15) is 12.4 Å². The molecule has 0 atom stereocenters. The highest BCUT2D eigenvalue weighted by Gasteiger charge is 2.46. The van der Waals surface area contributed by atoms with Crippen molar-refractivity contribution < 1.29 is 23.5 Å². The number of fused-ring (bicyclic) bond motifs is 2. The normalized spacial score (nSPS) is 17.5. The number of hydrogen-bond donors (Lipinski definition) is 0. The van der Waals surface area contributed by atoms with E-state index in [9.17, 15) is 14.0 Å². The molecule has 0 aliphatic carbocycles. The summed E-state index contributed by atoms with van der Waals surface area (Å²) in [6.07, 6.45) is 0.821. The van der Waals surface area contributed by atoms with E-state index in [1.807, 2.05) is 6.92 Å². The molecule has 4 rings (SSSR count). The van der Waals surface area contributed by atoms with Gasteiger partial charge in [-0.05, 0) is 44.0 Å². The van der Waals surface area contributed by atoms with Crippen LogP contribution in [0.3, 0.4) is 0 Å². The van der Waals surface area contributed by atoms with E-state index < -0.39 is 11.6 Å². The number of benzene rings is 1. The highest BCUT2D eigenvalue weighted by molar-refractivity contribution is 5.77. The molecular weight excluding hydrogens is 405 g/mol. The number of likely N-dealkylation sites (tertiary alicyclic amines) is 1. The molecule has 2 aliphatic rings. The Morgan fingerprint density at radius 3 is 2.48 bits per heavy atom. The first-order valence-corrected chi connectivity index (χ1v) is 10.4. The van der Waals surface area contributed by atoms with Crippen LogP contribution < -0.4 is 0 Å². The summed E-state index contributed by atoms with van der Waals surface area (Å²) in [7, 11) is 1.35. The highest BCUT2D eigenvalue weighted by Crippen LogP contribution is 2.39. The Kier molecular flexibility index (Phi) is 5.90. The summed E-state index contributed by atoms with van der Waals surface area (Å²) in [4.78, 5) is 28.2. The molecular formula is C21H26FN5O4. The molecule has 1 saturated heterocycles. The summed E-state index contributed by atoms with van der Waals surface area (Å²) in [5.41, 5.74) is 0.262. The van der Waals surface area contributed by atoms with E-state index in [1.165, 1.54) is 19.2 Å². The fourth-order valence-corrected chi connectivity index (χ4v) is 4.45. The second kappa shape index (κ2) is 8.62. The predicted octanol–water partition coefficient (Wildman–Crippen LogP) is 2.02. The Bertz CT molecular complexity index is 953. The van der Waals surface area contributed by atoms with Gasteiger partial charge in [0.05, 0.1) is 19.2 Å². The minimum atomic E-state index is -0.489. The number of hydrogen-bond acceptors (Lipinski definition) is 6. The molecule has 2 aliphatic heterocycles. The molecule has 1 spiro atoms. The Labute approximate surface area is 179 Å². The fraction of sp³-hybridized carbons (Fsp3) is 0.524. The zero-order valence-corrected chi connectivity index (χ0v) is 17.7. The number of carbonyl (C=O) groups excluding carboxylic acids is 2. The standard InChI is InChI=1S/C21H26FN5O4/c1-3-31-13-18(28)25-10-8-21(9-11-25)14-26(20(29)30-2)12-17-23-24-19(27(17)21)15-4-6-16(22)7-5-15/h4-7H,3,8-14H2,1-2H3.